The highest BCUT2D eigenvalue weighted by Crippen LogP contribution is 2.35. The molecule has 0 amide bonds. The van der Waals surface area contributed by atoms with E-state index in [0.717, 1.165) is 22.3 Å². The fraction of sp³-hybridized carbons (Fsp3) is 0.350. The molecule has 3 N–H and O–H groups in total. The van der Waals surface area contributed by atoms with Crippen LogP contribution in [0.25, 0.3) is 11.1 Å². The Morgan fingerprint density at radius 2 is 1.80 bits per heavy atom. The number of carbonyl (C=O) groups excluding carboxylic acids is 1. The Morgan fingerprint density at radius 3 is 2.24 bits per heavy atom. The molecule has 2 aromatic carbocycles. The molecule has 0 aromatic heterocycles. The van der Waals surface area contributed by atoms with E-state index in [1.807, 2.05) is 19.9 Å². The van der Waals surface area contributed by atoms with E-state index in [1.165, 1.54) is 6.92 Å². The molecule has 0 bridgehead atoms. The van der Waals surface area contributed by atoms with E-state index in [1.54, 1.807) is 32.0 Å². The zero-order valence-electron chi connectivity index (χ0n) is 15.4. The van der Waals surface area contributed by atoms with Crippen LogP contribution in [0.3, 0.4) is 0 Å². The Labute approximate surface area is 148 Å². The van der Waals surface area contributed by atoms with Crippen molar-refractivity contribution in [2.75, 3.05) is 6.61 Å². The van der Waals surface area contributed by atoms with Gasteiger partial charge in [-0.05, 0) is 68.1 Å². The molecule has 0 saturated carbocycles. The Morgan fingerprint density at radius 1 is 1.16 bits per heavy atom. The standard InChI is InChI=1S/C16H18FNO.C4H8O2/c1-9-4-10(2)15(14(19)5-9)12-6-11(3)16(17)13(7-12)8-18;1-3-6-4(2)5/h4-7,19H,8,18H2,1-3H3;3H2,1-2H3. The van der Waals surface area contributed by atoms with Crippen LogP contribution in [-0.4, -0.2) is 17.7 Å². The van der Waals surface area contributed by atoms with Crippen LogP contribution in [0.1, 0.15) is 36.1 Å². The number of esters is 1. The van der Waals surface area contributed by atoms with Crippen molar-refractivity contribution in [3.63, 3.8) is 0 Å². The van der Waals surface area contributed by atoms with E-state index in [4.69, 9.17) is 5.73 Å². The molecule has 0 radical (unpaired) electrons. The van der Waals surface area contributed by atoms with Crippen molar-refractivity contribution >= 4 is 5.97 Å². The van der Waals surface area contributed by atoms with Crippen LogP contribution in [0.15, 0.2) is 24.3 Å². The van der Waals surface area contributed by atoms with Gasteiger partial charge in [-0.3, -0.25) is 4.79 Å². The molecular formula is C20H26FNO3. The van der Waals surface area contributed by atoms with Gasteiger partial charge in [0.2, 0.25) is 0 Å². The number of carbonyl (C=O) groups is 1. The van der Waals surface area contributed by atoms with Crippen LogP contribution in [0, 0.1) is 26.6 Å². The number of nitrogens with two attached hydrogens (primary N) is 1. The lowest BCUT2D eigenvalue weighted by atomic mass is 9.94. The van der Waals surface area contributed by atoms with Gasteiger partial charge in [0.1, 0.15) is 11.6 Å². The molecule has 0 saturated heterocycles. The average molecular weight is 347 g/mol. The van der Waals surface area contributed by atoms with Crippen molar-refractivity contribution in [2.24, 2.45) is 5.73 Å². The number of phenols is 1. The maximum Gasteiger partial charge on any atom is 0.302 e. The molecule has 4 nitrogen and oxygen atoms in total. The molecule has 0 aliphatic carbocycles. The van der Waals surface area contributed by atoms with Gasteiger partial charge in [-0.2, -0.15) is 0 Å². The molecule has 25 heavy (non-hydrogen) atoms. The van der Waals surface area contributed by atoms with Crippen LogP contribution in [0.2, 0.25) is 0 Å². The second-order valence-corrected chi connectivity index (χ2v) is 5.87. The van der Waals surface area contributed by atoms with E-state index < -0.39 is 0 Å². The summed E-state index contributed by atoms with van der Waals surface area (Å²) in [5, 5.41) is 10.1. The van der Waals surface area contributed by atoms with Crippen LogP contribution in [-0.2, 0) is 16.1 Å². The summed E-state index contributed by atoms with van der Waals surface area (Å²) in [6.07, 6.45) is 0. The Hall–Kier alpha value is -2.40. The minimum absolute atomic E-state index is 0.145. The fourth-order valence-electron chi connectivity index (χ4n) is 2.66. The van der Waals surface area contributed by atoms with Gasteiger partial charge in [0.15, 0.2) is 0 Å². The quantitative estimate of drug-likeness (QED) is 0.818. The summed E-state index contributed by atoms with van der Waals surface area (Å²) in [5.74, 6) is -0.264. The topological polar surface area (TPSA) is 72.5 Å². The largest absolute Gasteiger partial charge is 0.507 e. The maximum absolute atomic E-state index is 13.8. The summed E-state index contributed by atoms with van der Waals surface area (Å²) in [7, 11) is 0. The highest BCUT2D eigenvalue weighted by Gasteiger charge is 2.13. The van der Waals surface area contributed by atoms with Gasteiger partial charge in [0.25, 0.3) is 0 Å². The number of ether oxygens (including phenoxy) is 1. The van der Waals surface area contributed by atoms with Crippen LogP contribution in [0.5, 0.6) is 5.75 Å². The molecule has 0 fully saturated rings. The van der Waals surface area contributed by atoms with Gasteiger partial charge in [0, 0.05) is 24.6 Å². The van der Waals surface area contributed by atoms with Crippen molar-refractivity contribution in [1.82, 2.24) is 0 Å². The normalized spacial score (nSPS) is 10.0. The molecule has 0 aliphatic heterocycles. The Balaban J connectivity index is 0.000000450. The minimum atomic E-state index is -0.268. The monoisotopic (exact) mass is 347 g/mol. The third-order valence-corrected chi connectivity index (χ3v) is 3.65. The first-order valence-corrected chi connectivity index (χ1v) is 8.14. The summed E-state index contributed by atoms with van der Waals surface area (Å²) in [6.45, 7) is 9.37. The Kier molecular flexibility index (Phi) is 7.58. The first-order chi connectivity index (χ1) is 11.7. The molecule has 0 unspecified atom stereocenters. The van der Waals surface area contributed by atoms with E-state index >= 15 is 0 Å². The van der Waals surface area contributed by atoms with Gasteiger partial charge < -0.3 is 15.6 Å². The van der Waals surface area contributed by atoms with Crippen LogP contribution < -0.4 is 5.73 Å². The van der Waals surface area contributed by atoms with E-state index in [-0.39, 0.29) is 24.1 Å². The van der Waals surface area contributed by atoms with Crippen molar-refractivity contribution in [1.29, 1.82) is 0 Å². The van der Waals surface area contributed by atoms with Crippen molar-refractivity contribution < 1.29 is 19.0 Å². The second kappa shape index (κ2) is 9.18. The fourth-order valence-corrected chi connectivity index (χ4v) is 2.66. The van der Waals surface area contributed by atoms with Crippen LogP contribution in [0.4, 0.5) is 4.39 Å². The molecule has 136 valence electrons. The summed E-state index contributed by atoms with van der Waals surface area (Å²) in [4.78, 5) is 9.82. The second-order valence-electron chi connectivity index (χ2n) is 5.87. The SMILES string of the molecule is CCOC(C)=O.Cc1cc(C)c(-c2cc(C)c(F)c(CN)c2)c(O)c1. The van der Waals surface area contributed by atoms with E-state index in [0.29, 0.717) is 17.7 Å². The number of benzene rings is 2. The van der Waals surface area contributed by atoms with Gasteiger partial charge >= 0.3 is 5.97 Å². The molecule has 0 spiro atoms. The van der Waals surface area contributed by atoms with Crippen molar-refractivity contribution in [3.05, 3.63) is 52.3 Å². The molecule has 2 rings (SSSR count). The highest BCUT2D eigenvalue weighted by molar-refractivity contribution is 5.75. The van der Waals surface area contributed by atoms with Gasteiger partial charge in [-0.15, -0.1) is 0 Å². The summed E-state index contributed by atoms with van der Waals surface area (Å²) in [6, 6.07) is 7.16. The lowest BCUT2D eigenvalue weighted by Crippen LogP contribution is -2.02. The van der Waals surface area contributed by atoms with Crippen molar-refractivity contribution in [2.45, 2.75) is 41.2 Å². The molecular weight excluding hydrogens is 321 g/mol. The van der Waals surface area contributed by atoms with Gasteiger partial charge in [-0.25, -0.2) is 4.39 Å². The van der Waals surface area contributed by atoms with E-state index in [9.17, 15) is 14.3 Å². The summed E-state index contributed by atoms with van der Waals surface area (Å²) in [5.41, 5.74) is 10.1. The summed E-state index contributed by atoms with van der Waals surface area (Å²) >= 11 is 0. The Bertz CT molecular complexity index is 734. The van der Waals surface area contributed by atoms with Crippen LogP contribution >= 0.6 is 0 Å². The third kappa shape index (κ3) is 5.57. The molecule has 0 heterocycles. The predicted octanol–water partition coefficient (Wildman–Crippen LogP) is 4.15. The number of halogens is 1. The predicted molar refractivity (Wildman–Crippen MR) is 97.9 cm³/mol. The van der Waals surface area contributed by atoms with E-state index in [2.05, 4.69) is 4.74 Å². The summed E-state index contributed by atoms with van der Waals surface area (Å²) < 4.78 is 18.2. The first-order valence-electron chi connectivity index (χ1n) is 8.14. The number of phenolic OH excluding ortho intramolecular Hbond substituents is 1. The third-order valence-electron chi connectivity index (χ3n) is 3.65. The lowest BCUT2D eigenvalue weighted by Gasteiger charge is -2.13. The zero-order valence-corrected chi connectivity index (χ0v) is 15.4. The molecule has 5 heteroatoms. The van der Waals surface area contributed by atoms with Gasteiger partial charge in [0.05, 0.1) is 6.61 Å². The number of aromatic hydroxyl groups is 1. The number of aryl methyl sites for hydroxylation is 3. The molecule has 0 aliphatic rings. The number of hydrogen-bond acceptors (Lipinski definition) is 4. The number of hydrogen-bond donors (Lipinski definition) is 2. The zero-order chi connectivity index (χ0) is 19.1. The smallest absolute Gasteiger partial charge is 0.302 e. The lowest BCUT2D eigenvalue weighted by molar-refractivity contribution is -0.140. The van der Waals surface area contributed by atoms with Gasteiger partial charge in [-0.1, -0.05) is 6.07 Å². The maximum atomic E-state index is 13.8. The highest BCUT2D eigenvalue weighted by atomic mass is 19.1. The molecule has 0 atom stereocenters. The first kappa shape index (κ1) is 20.6. The minimum Gasteiger partial charge on any atom is -0.507 e. The number of rotatable bonds is 3. The molecule has 2 aromatic rings. The average Bonchev–Trinajstić information content (AvgIpc) is 2.50. The van der Waals surface area contributed by atoms with Crippen molar-refractivity contribution in [3.8, 4) is 16.9 Å².